The summed E-state index contributed by atoms with van der Waals surface area (Å²) >= 11 is 0. The first-order chi connectivity index (χ1) is 9.72. The number of nitrogen functional groups attached to an aromatic ring is 1. The molecule has 0 fully saturated rings. The van der Waals surface area contributed by atoms with Crippen LogP contribution in [0.4, 0.5) is 5.82 Å². The van der Waals surface area contributed by atoms with Gasteiger partial charge >= 0.3 is 0 Å². The predicted molar refractivity (Wildman–Crippen MR) is 82.3 cm³/mol. The summed E-state index contributed by atoms with van der Waals surface area (Å²) in [5, 5.41) is 0. The zero-order chi connectivity index (χ0) is 14.5. The smallest absolute Gasteiger partial charge is 0.133 e. The van der Waals surface area contributed by atoms with Crippen molar-refractivity contribution >= 4 is 5.82 Å². The van der Waals surface area contributed by atoms with Gasteiger partial charge < -0.3 is 14.9 Å². The zero-order valence-electron chi connectivity index (χ0n) is 12.3. The Kier molecular flexibility index (Phi) is 4.61. The summed E-state index contributed by atoms with van der Waals surface area (Å²) in [6.07, 6.45) is 8.54. The largest absolute Gasteiger partial charge is 0.383 e. The van der Waals surface area contributed by atoms with E-state index >= 15 is 0 Å². The van der Waals surface area contributed by atoms with Crippen LogP contribution < -0.4 is 5.73 Å². The van der Waals surface area contributed by atoms with Crippen molar-refractivity contribution in [2.24, 2.45) is 0 Å². The van der Waals surface area contributed by atoms with E-state index in [1.165, 1.54) is 0 Å². The van der Waals surface area contributed by atoms with Crippen molar-refractivity contribution in [2.75, 3.05) is 5.73 Å². The molecule has 0 amide bonds. The van der Waals surface area contributed by atoms with Gasteiger partial charge in [0, 0.05) is 19.5 Å². The quantitative estimate of drug-likeness (QED) is 0.789. The maximum Gasteiger partial charge on any atom is 0.133 e. The molecule has 0 bridgehead atoms. The third-order valence-electron chi connectivity index (χ3n) is 3.29. The summed E-state index contributed by atoms with van der Waals surface area (Å²) < 4.78 is 4.14. The standard InChI is InChI=1S/C15H23N5/c1-4-7-13-18-14(15(16)20(13)9-6-3)12-10-17-11-19(12)8-5-2/h6,10-11H,3-5,7-9,16H2,1-2H3. The fourth-order valence-corrected chi connectivity index (χ4v) is 2.39. The van der Waals surface area contributed by atoms with Crippen LogP contribution in [0.2, 0.25) is 0 Å². The van der Waals surface area contributed by atoms with Crippen LogP contribution >= 0.6 is 0 Å². The van der Waals surface area contributed by atoms with Gasteiger partial charge in [-0.3, -0.25) is 0 Å². The second kappa shape index (κ2) is 6.41. The van der Waals surface area contributed by atoms with E-state index in [4.69, 9.17) is 10.7 Å². The lowest BCUT2D eigenvalue weighted by molar-refractivity contribution is 0.683. The maximum atomic E-state index is 6.29. The monoisotopic (exact) mass is 273 g/mol. The number of hydrogen-bond acceptors (Lipinski definition) is 3. The molecule has 2 heterocycles. The third kappa shape index (κ3) is 2.61. The highest BCUT2D eigenvalue weighted by Crippen LogP contribution is 2.27. The highest BCUT2D eigenvalue weighted by molar-refractivity contribution is 5.68. The van der Waals surface area contributed by atoms with Crippen LogP contribution in [0.1, 0.15) is 32.5 Å². The van der Waals surface area contributed by atoms with E-state index in [0.717, 1.165) is 43.0 Å². The van der Waals surface area contributed by atoms with Gasteiger partial charge in [0.25, 0.3) is 0 Å². The molecule has 2 N–H and O–H groups in total. The Morgan fingerprint density at radius 2 is 2.15 bits per heavy atom. The second-order valence-corrected chi connectivity index (χ2v) is 4.88. The highest BCUT2D eigenvalue weighted by Gasteiger charge is 2.17. The second-order valence-electron chi connectivity index (χ2n) is 4.88. The lowest BCUT2D eigenvalue weighted by Crippen LogP contribution is -2.06. The van der Waals surface area contributed by atoms with E-state index in [1.807, 2.05) is 23.2 Å². The van der Waals surface area contributed by atoms with Gasteiger partial charge in [-0.05, 0) is 12.8 Å². The van der Waals surface area contributed by atoms with Crippen LogP contribution in [0.5, 0.6) is 0 Å². The zero-order valence-corrected chi connectivity index (χ0v) is 12.3. The van der Waals surface area contributed by atoms with Crippen molar-refractivity contribution in [3.8, 4) is 11.4 Å². The van der Waals surface area contributed by atoms with Crippen LogP contribution in [0.25, 0.3) is 11.4 Å². The van der Waals surface area contributed by atoms with E-state index in [1.54, 1.807) is 0 Å². The predicted octanol–water partition coefficient (Wildman–Crippen LogP) is 2.88. The molecule has 0 aliphatic carbocycles. The number of aromatic nitrogens is 4. The van der Waals surface area contributed by atoms with Gasteiger partial charge in [0.15, 0.2) is 0 Å². The van der Waals surface area contributed by atoms with Gasteiger partial charge in [0.2, 0.25) is 0 Å². The van der Waals surface area contributed by atoms with Crippen molar-refractivity contribution < 1.29 is 0 Å². The van der Waals surface area contributed by atoms with Crippen LogP contribution in [-0.4, -0.2) is 19.1 Å². The number of nitrogens with two attached hydrogens (primary N) is 1. The minimum atomic E-state index is 0.691. The normalized spacial score (nSPS) is 10.9. The Labute approximate surface area is 120 Å². The van der Waals surface area contributed by atoms with Crippen LogP contribution in [-0.2, 0) is 19.5 Å². The van der Waals surface area contributed by atoms with Crippen molar-refractivity contribution in [2.45, 2.75) is 46.2 Å². The Morgan fingerprint density at radius 1 is 1.35 bits per heavy atom. The van der Waals surface area contributed by atoms with Gasteiger partial charge in [0.1, 0.15) is 17.3 Å². The van der Waals surface area contributed by atoms with Crippen LogP contribution in [0.3, 0.4) is 0 Å². The minimum Gasteiger partial charge on any atom is -0.383 e. The summed E-state index contributed by atoms with van der Waals surface area (Å²) in [5.74, 6) is 1.72. The SMILES string of the molecule is C=CCn1c(CCC)nc(-c2cncn2CCC)c1N. The number of hydrogen-bond donors (Lipinski definition) is 1. The maximum absolute atomic E-state index is 6.29. The molecular weight excluding hydrogens is 250 g/mol. The van der Waals surface area contributed by atoms with Crippen molar-refractivity contribution in [3.63, 3.8) is 0 Å². The minimum absolute atomic E-state index is 0.691. The van der Waals surface area contributed by atoms with Crippen LogP contribution in [0.15, 0.2) is 25.2 Å². The highest BCUT2D eigenvalue weighted by atomic mass is 15.2. The number of allylic oxidation sites excluding steroid dienone is 1. The third-order valence-corrected chi connectivity index (χ3v) is 3.29. The molecule has 0 spiro atoms. The van der Waals surface area contributed by atoms with Gasteiger partial charge in [-0.2, -0.15) is 0 Å². The van der Waals surface area contributed by atoms with Gasteiger partial charge in [-0.15, -0.1) is 6.58 Å². The lowest BCUT2D eigenvalue weighted by Gasteiger charge is -2.07. The molecule has 20 heavy (non-hydrogen) atoms. The van der Waals surface area contributed by atoms with E-state index < -0.39 is 0 Å². The molecule has 0 aliphatic heterocycles. The Hall–Kier alpha value is -2.04. The molecule has 0 radical (unpaired) electrons. The number of imidazole rings is 2. The average molecular weight is 273 g/mol. The molecule has 0 unspecified atom stereocenters. The fraction of sp³-hybridized carbons (Fsp3) is 0.467. The van der Waals surface area contributed by atoms with Gasteiger partial charge in [-0.1, -0.05) is 19.9 Å². The molecule has 5 heteroatoms. The molecule has 2 rings (SSSR count). The molecule has 2 aromatic rings. The van der Waals surface area contributed by atoms with E-state index in [2.05, 4.69) is 30.0 Å². The molecule has 0 saturated heterocycles. The molecular formula is C15H23N5. The van der Waals surface area contributed by atoms with E-state index in [9.17, 15) is 0 Å². The van der Waals surface area contributed by atoms with Crippen molar-refractivity contribution in [3.05, 3.63) is 31.0 Å². The molecule has 5 nitrogen and oxygen atoms in total. The number of rotatable bonds is 7. The number of nitrogens with zero attached hydrogens (tertiary/aromatic N) is 4. The molecule has 108 valence electrons. The van der Waals surface area contributed by atoms with Crippen molar-refractivity contribution in [1.29, 1.82) is 0 Å². The average Bonchev–Trinajstić information content (AvgIpc) is 2.99. The van der Waals surface area contributed by atoms with E-state index in [-0.39, 0.29) is 0 Å². The summed E-state index contributed by atoms with van der Waals surface area (Å²) in [7, 11) is 0. The molecule has 0 atom stereocenters. The molecule has 0 aliphatic rings. The Morgan fingerprint density at radius 3 is 2.80 bits per heavy atom. The van der Waals surface area contributed by atoms with Crippen LogP contribution in [0, 0.1) is 0 Å². The molecule has 2 aromatic heterocycles. The molecule has 0 aromatic carbocycles. The summed E-state index contributed by atoms with van der Waals surface area (Å²) in [5.41, 5.74) is 8.11. The first-order valence-electron chi connectivity index (χ1n) is 7.19. The summed E-state index contributed by atoms with van der Waals surface area (Å²) in [6, 6.07) is 0. The first kappa shape index (κ1) is 14.4. The van der Waals surface area contributed by atoms with Crippen molar-refractivity contribution in [1.82, 2.24) is 19.1 Å². The van der Waals surface area contributed by atoms with E-state index in [0.29, 0.717) is 12.4 Å². The van der Waals surface area contributed by atoms with Gasteiger partial charge in [0.05, 0.1) is 18.2 Å². The molecule has 0 saturated carbocycles. The summed E-state index contributed by atoms with van der Waals surface area (Å²) in [4.78, 5) is 8.96. The number of aryl methyl sites for hydroxylation is 2. The Balaban J connectivity index is 2.48. The number of anilines is 1. The Bertz CT molecular complexity index is 579. The lowest BCUT2D eigenvalue weighted by atomic mass is 10.3. The fourth-order valence-electron chi connectivity index (χ4n) is 2.39. The summed E-state index contributed by atoms with van der Waals surface area (Å²) in [6.45, 7) is 9.70. The first-order valence-corrected chi connectivity index (χ1v) is 7.19. The van der Waals surface area contributed by atoms with Gasteiger partial charge in [-0.25, -0.2) is 9.97 Å². The topological polar surface area (TPSA) is 61.7 Å².